The zero-order chi connectivity index (χ0) is 14.2. The number of hydrogen-bond donors (Lipinski definition) is 0. The highest BCUT2D eigenvalue weighted by Gasteiger charge is 2.18. The van der Waals surface area contributed by atoms with E-state index >= 15 is 0 Å². The molecule has 0 aliphatic carbocycles. The molecule has 1 aromatic carbocycles. The van der Waals surface area contributed by atoms with Gasteiger partial charge in [0.2, 0.25) is 0 Å². The third kappa shape index (κ3) is 2.67. The molecule has 1 aliphatic rings. The third-order valence-electron chi connectivity index (χ3n) is 3.65. The van der Waals surface area contributed by atoms with Crippen LogP contribution in [0.25, 0.3) is 10.2 Å². The summed E-state index contributed by atoms with van der Waals surface area (Å²) in [7, 11) is -3.23. The minimum absolute atomic E-state index is 0.340. The van der Waals surface area contributed by atoms with Crippen LogP contribution >= 0.6 is 11.3 Å². The van der Waals surface area contributed by atoms with E-state index in [0.29, 0.717) is 10.4 Å². The Bertz CT molecular complexity index is 714. The summed E-state index contributed by atoms with van der Waals surface area (Å²) in [6, 6.07) is 5.38. The van der Waals surface area contributed by atoms with Gasteiger partial charge in [0.25, 0.3) is 0 Å². The molecule has 0 amide bonds. The average molecular weight is 310 g/mol. The number of benzene rings is 1. The van der Waals surface area contributed by atoms with Gasteiger partial charge in [-0.05, 0) is 25.0 Å². The van der Waals surface area contributed by atoms with E-state index in [0.717, 1.165) is 22.9 Å². The van der Waals surface area contributed by atoms with E-state index in [9.17, 15) is 8.42 Å². The van der Waals surface area contributed by atoms with Gasteiger partial charge in [0.1, 0.15) is 5.52 Å². The Morgan fingerprint density at radius 1 is 1.15 bits per heavy atom. The Kier molecular flexibility index (Phi) is 3.69. The Balaban J connectivity index is 2.06. The van der Waals surface area contributed by atoms with Crippen molar-refractivity contribution in [2.24, 2.45) is 0 Å². The lowest BCUT2D eigenvalue weighted by molar-refractivity contribution is 0.602. The van der Waals surface area contributed by atoms with Crippen LogP contribution in [0, 0.1) is 0 Å². The van der Waals surface area contributed by atoms with Crippen LogP contribution in [0.1, 0.15) is 25.7 Å². The zero-order valence-electron chi connectivity index (χ0n) is 11.5. The van der Waals surface area contributed by atoms with Gasteiger partial charge in [-0.2, -0.15) is 0 Å². The number of para-hydroxylation sites is 1. The lowest BCUT2D eigenvalue weighted by Gasteiger charge is -2.18. The molecule has 108 valence electrons. The van der Waals surface area contributed by atoms with Crippen molar-refractivity contribution in [3.63, 3.8) is 0 Å². The van der Waals surface area contributed by atoms with Crippen LogP contribution in [0.4, 0.5) is 5.13 Å². The molecule has 6 heteroatoms. The van der Waals surface area contributed by atoms with E-state index in [-0.39, 0.29) is 0 Å². The van der Waals surface area contributed by atoms with Gasteiger partial charge in [-0.1, -0.05) is 30.2 Å². The van der Waals surface area contributed by atoms with E-state index in [2.05, 4.69) is 9.88 Å². The van der Waals surface area contributed by atoms with Gasteiger partial charge < -0.3 is 4.90 Å². The lowest BCUT2D eigenvalue weighted by atomic mass is 10.2. The number of fused-ring (bicyclic) bond motifs is 1. The first kappa shape index (κ1) is 13.8. The van der Waals surface area contributed by atoms with Gasteiger partial charge >= 0.3 is 0 Å². The molecule has 0 saturated carbocycles. The van der Waals surface area contributed by atoms with Crippen molar-refractivity contribution in [3.8, 4) is 0 Å². The number of anilines is 1. The minimum atomic E-state index is -3.23. The monoisotopic (exact) mass is 310 g/mol. The molecule has 3 rings (SSSR count). The van der Waals surface area contributed by atoms with E-state index in [1.54, 1.807) is 23.5 Å². The Morgan fingerprint density at radius 2 is 1.85 bits per heavy atom. The maximum Gasteiger partial charge on any atom is 0.186 e. The average Bonchev–Trinajstić information content (AvgIpc) is 2.64. The van der Waals surface area contributed by atoms with E-state index in [1.807, 2.05) is 6.07 Å². The minimum Gasteiger partial charge on any atom is -0.348 e. The summed E-state index contributed by atoms with van der Waals surface area (Å²) in [4.78, 5) is 7.25. The number of thiazole rings is 1. The molecule has 0 unspecified atom stereocenters. The summed E-state index contributed by atoms with van der Waals surface area (Å²) in [5, 5.41) is 0.956. The van der Waals surface area contributed by atoms with Crippen molar-refractivity contribution in [2.75, 3.05) is 24.2 Å². The fourth-order valence-electron chi connectivity index (χ4n) is 2.61. The number of rotatable bonds is 2. The summed E-state index contributed by atoms with van der Waals surface area (Å²) >= 11 is 1.59. The lowest BCUT2D eigenvalue weighted by Crippen LogP contribution is -2.23. The first-order valence-corrected chi connectivity index (χ1v) is 9.61. The summed E-state index contributed by atoms with van der Waals surface area (Å²) in [5.41, 5.74) is 0.624. The van der Waals surface area contributed by atoms with E-state index in [4.69, 9.17) is 0 Å². The largest absolute Gasteiger partial charge is 0.348 e. The summed E-state index contributed by atoms with van der Waals surface area (Å²) < 4.78 is 24.6. The number of sulfone groups is 1. The smallest absolute Gasteiger partial charge is 0.186 e. The highest BCUT2D eigenvalue weighted by atomic mass is 32.2. The highest BCUT2D eigenvalue weighted by Crippen LogP contribution is 2.33. The molecule has 0 radical (unpaired) electrons. The van der Waals surface area contributed by atoms with E-state index in [1.165, 1.54) is 31.9 Å². The molecular weight excluding hydrogens is 292 g/mol. The first-order valence-electron chi connectivity index (χ1n) is 6.90. The number of hydrogen-bond acceptors (Lipinski definition) is 5. The Hall–Kier alpha value is -1.14. The molecule has 2 aromatic rings. The third-order valence-corrected chi connectivity index (χ3v) is 5.86. The second kappa shape index (κ2) is 5.33. The van der Waals surface area contributed by atoms with Crippen LogP contribution in [0.2, 0.25) is 0 Å². The Morgan fingerprint density at radius 3 is 2.50 bits per heavy atom. The van der Waals surface area contributed by atoms with Gasteiger partial charge in [-0.25, -0.2) is 13.4 Å². The zero-order valence-corrected chi connectivity index (χ0v) is 13.1. The van der Waals surface area contributed by atoms with E-state index < -0.39 is 9.84 Å². The predicted molar refractivity (Wildman–Crippen MR) is 83.4 cm³/mol. The Labute approximate surface area is 123 Å². The summed E-state index contributed by atoms with van der Waals surface area (Å²) in [6.45, 7) is 2.04. The van der Waals surface area contributed by atoms with Gasteiger partial charge in [0.05, 0.1) is 9.60 Å². The molecule has 1 fully saturated rings. The molecule has 0 atom stereocenters. The van der Waals surface area contributed by atoms with Crippen LogP contribution in [0.15, 0.2) is 23.1 Å². The fourth-order valence-corrected chi connectivity index (χ4v) is 4.55. The molecular formula is C14H18N2O2S2. The second-order valence-corrected chi connectivity index (χ2v) is 8.27. The molecule has 1 saturated heterocycles. The van der Waals surface area contributed by atoms with Crippen LogP contribution in [-0.4, -0.2) is 32.7 Å². The van der Waals surface area contributed by atoms with Crippen LogP contribution in [-0.2, 0) is 9.84 Å². The quantitative estimate of drug-likeness (QED) is 0.855. The van der Waals surface area contributed by atoms with Crippen molar-refractivity contribution in [1.82, 2.24) is 4.98 Å². The SMILES string of the molecule is CS(=O)(=O)c1cccc2sc(N3CCCCCC3)nc12. The van der Waals surface area contributed by atoms with Crippen molar-refractivity contribution >= 4 is 36.5 Å². The molecule has 4 nitrogen and oxygen atoms in total. The van der Waals surface area contributed by atoms with Crippen molar-refractivity contribution < 1.29 is 8.42 Å². The summed E-state index contributed by atoms with van der Waals surface area (Å²) in [6.07, 6.45) is 6.17. The molecule has 2 heterocycles. The number of aromatic nitrogens is 1. The second-order valence-electron chi connectivity index (χ2n) is 5.27. The first-order chi connectivity index (χ1) is 9.55. The predicted octanol–water partition coefficient (Wildman–Crippen LogP) is 3.08. The van der Waals surface area contributed by atoms with Gasteiger partial charge in [0, 0.05) is 19.3 Å². The normalized spacial score (nSPS) is 17.4. The topological polar surface area (TPSA) is 50.3 Å². The molecule has 0 N–H and O–H groups in total. The van der Waals surface area contributed by atoms with Crippen molar-refractivity contribution in [2.45, 2.75) is 30.6 Å². The van der Waals surface area contributed by atoms with Gasteiger partial charge in [-0.15, -0.1) is 0 Å². The van der Waals surface area contributed by atoms with Crippen LogP contribution in [0.5, 0.6) is 0 Å². The molecule has 0 bridgehead atoms. The fraction of sp³-hybridized carbons (Fsp3) is 0.500. The standard InChI is InChI=1S/C14H18N2O2S2/c1-20(17,18)12-8-6-7-11-13(12)15-14(19-11)16-9-4-2-3-5-10-16/h6-8H,2-5,9-10H2,1H3. The number of nitrogens with zero attached hydrogens (tertiary/aromatic N) is 2. The highest BCUT2D eigenvalue weighted by molar-refractivity contribution is 7.91. The van der Waals surface area contributed by atoms with Gasteiger partial charge in [0.15, 0.2) is 15.0 Å². The molecule has 0 spiro atoms. The van der Waals surface area contributed by atoms with Gasteiger partial charge in [-0.3, -0.25) is 0 Å². The molecule has 20 heavy (non-hydrogen) atoms. The molecule has 1 aliphatic heterocycles. The van der Waals surface area contributed by atoms with Crippen molar-refractivity contribution in [3.05, 3.63) is 18.2 Å². The van der Waals surface area contributed by atoms with Crippen LogP contribution < -0.4 is 4.90 Å². The summed E-state index contributed by atoms with van der Waals surface area (Å²) in [5.74, 6) is 0. The van der Waals surface area contributed by atoms with Crippen molar-refractivity contribution in [1.29, 1.82) is 0 Å². The maximum absolute atomic E-state index is 11.8. The maximum atomic E-state index is 11.8. The van der Waals surface area contributed by atoms with Crippen LogP contribution in [0.3, 0.4) is 0 Å². The molecule has 1 aromatic heterocycles.